The number of rotatable bonds is 5. The van der Waals surface area contributed by atoms with Crippen molar-refractivity contribution in [1.29, 1.82) is 0 Å². The molecule has 27 heavy (non-hydrogen) atoms. The molecule has 2 aromatic carbocycles. The predicted molar refractivity (Wildman–Crippen MR) is 99.0 cm³/mol. The van der Waals surface area contributed by atoms with Gasteiger partial charge in [-0.15, -0.1) is 0 Å². The fourth-order valence-electron chi connectivity index (χ4n) is 2.35. The van der Waals surface area contributed by atoms with E-state index in [-0.39, 0.29) is 5.56 Å². The molecule has 6 nitrogen and oxygen atoms in total. The van der Waals surface area contributed by atoms with Gasteiger partial charge in [-0.1, -0.05) is 29.8 Å². The summed E-state index contributed by atoms with van der Waals surface area (Å²) in [4.78, 5) is 23.9. The summed E-state index contributed by atoms with van der Waals surface area (Å²) < 4.78 is 19.5. The monoisotopic (exact) mass is 387 g/mol. The first-order valence-electron chi connectivity index (χ1n) is 7.95. The molecule has 0 radical (unpaired) electrons. The zero-order valence-electron chi connectivity index (χ0n) is 14.3. The number of hydrogen-bond acceptors (Lipinski definition) is 4. The third-order valence-electron chi connectivity index (χ3n) is 3.68. The number of halogens is 2. The first kappa shape index (κ1) is 18.6. The molecule has 0 spiro atoms. The van der Waals surface area contributed by atoms with Crippen LogP contribution in [0.5, 0.6) is 0 Å². The summed E-state index contributed by atoms with van der Waals surface area (Å²) in [6, 6.07) is 13.9. The van der Waals surface area contributed by atoms with E-state index >= 15 is 0 Å². The fraction of sp³-hybridized carbons (Fsp3) is 0.105. The van der Waals surface area contributed by atoms with Gasteiger partial charge in [-0.3, -0.25) is 9.48 Å². The summed E-state index contributed by atoms with van der Waals surface area (Å²) >= 11 is 5.87. The molecule has 0 bridgehead atoms. The normalized spacial score (nSPS) is 10.5. The molecule has 0 saturated heterocycles. The molecule has 1 amide bonds. The number of benzene rings is 2. The lowest BCUT2D eigenvalue weighted by molar-refractivity contribution is -0.119. The van der Waals surface area contributed by atoms with Gasteiger partial charge in [0.05, 0.1) is 11.3 Å². The lowest BCUT2D eigenvalue weighted by atomic mass is 10.1. The van der Waals surface area contributed by atoms with Crippen LogP contribution in [0.2, 0.25) is 5.02 Å². The van der Waals surface area contributed by atoms with E-state index in [4.69, 9.17) is 16.3 Å². The molecule has 3 rings (SSSR count). The SMILES string of the molecule is Cn1nc(-c2ccc(Cl)cc2)cc1NC(=O)COC(=O)c1cccc(F)c1. The topological polar surface area (TPSA) is 73.2 Å². The van der Waals surface area contributed by atoms with Gasteiger partial charge in [-0.25, -0.2) is 9.18 Å². The van der Waals surface area contributed by atoms with Crippen molar-refractivity contribution < 1.29 is 18.7 Å². The highest BCUT2D eigenvalue weighted by molar-refractivity contribution is 6.30. The molecule has 138 valence electrons. The van der Waals surface area contributed by atoms with Crippen LogP contribution in [0.3, 0.4) is 0 Å². The summed E-state index contributed by atoms with van der Waals surface area (Å²) in [7, 11) is 1.67. The van der Waals surface area contributed by atoms with Gasteiger partial charge in [0, 0.05) is 23.7 Å². The highest BCUT2D eigenvalue weighted by atomic mass is 35.5. The third kappa shape index (κ3) is 4.71. The second kappa shape index (κ2) is 8.01. The maximum Gasteiger partial charge on any atom is 0.338 e. The number of carbonyl (C=O) groups is 2. The van der Waals surface area contributed by atoms with E-state index in [0.29, 0.717) is 16.5 Å². The molecule has 1 heterocycles. The Bertz CT molecular complexity index is 986. The average molecular weight is 388 g/mol. The number of hydrogen-bond donors (Lipinski definition) is 1. The number of amides is 1. The third-order valence-corrected chi connectivity index (χ3v) is 3.93. The Morgan fingerprint density at radius 2 is 1.93 bits per heavy atom. The van der Waals surface area contributed by atoms with Crippen molar-refractivity contribution >= 4 is 29.3 Å². The molecule has 0 aliphatic heterocycles. The van der Waals surface area contributed by atoms with Gasteiger partial charge in [0.1, 0.15) is 11.6 Å². The van der Waals surface area contributed by atoms with Crippen molar-refractivity contribution in [3.05, 3.63) is 71.0 Å². The van der Waals surface area contributed by atoms with Gasteiger partial charge >= 0.3 is 5.97 Å². The Balaban J connectivity index is 1.61. The van der Waals surface area contributed by atoms with Gasteiger partial charge in [0.25, 0.3) is 5.91 Å². The summed E-state index contributed by atoms with van der Waals surface area (Å²) in [6.07, 6.45) is 0. The summed E-state index contributed by atoms with van der Waals surface area (Å²) in [5.74, 6) is -1.44. The Hall–Kier alpha value is -3.19. The van der Waals surface area contributed by atoms with Crippen molar-refractivity contribution in [2.45, 2.75) is 0 Å². The highest BCUT2D eigenvalue weighted by Gasteiger charge is 2.13. The number of aryl methyl sites for hydroxylation is 1. The number of aromatic nitrogens is 2. The number of ether oxygens (including phenoxy) is 1. The van der Waals surface area contributed by atoms with Crippen LogP contribution in [0.4, 0.5) is 10.2 Å². The summed E-state index contributed by atoms with van der Waals surface area (Å²) in [5.41, 5.74) is 1.53. The predicted octanol–water partition coefficient (Wildman–Crippen LogP) is 3.68. The zero-order valence-corrected chi connectivity index (χ0v) is 15.0. The Morgan fingerprint density at radius 3 is 2.63 bits per heavy atom. The minimum absolute atomic E-state index is 0.0355. The largest absolute Gasteiger partial charge is 0.452 e. The molecule has 0 atom stereocenters. The zero-order chi connectivity index (χ0) is 19.4. The number of nitrogens with zero attached hydrogens (tertiary/aromatic N) is 2. The summed E-state index contributed by atoms with van der Waals surface area (Å²) in [5, 5.41) is 7.55. The van der Waals surface area contributed by atoms with E-state index in [1.165, 1.54) is 22.9 Å². The quantitative estimate of drug-likeness (QED) is 0.678. The van der Waals surface area contributed by atoms with Crippen molar-refractivity contribution in [1.82, 2.24) is 9.78 Å². The minimum atomic E-state index is -0.781. The molecule has 0 aliphatic carbocycles. The second-order valence-corrected chi connectivity index (χ2v) is 6.12. The molecule has 1 N–H and O–H groups in total. The smallest absolute Gasteiger partial charge is 0.338 e. The Morgan fingerprint density at radius 1 is 1.19 bits per heavy atom. The number of carbonyl (C=O) groups excluding carboxylic acids is 2. The van der Waals surface area contributed by atoms with Gasteiger partial charge < -0.3 is 10.1 Å². The van der Waals surface area contributed by atoms with Crippen LogP contribution >= 0.6 is 11.6 Å². The first-order chi connectivity index (χ1) is 12.9. The van der Waals surface area contributed by atoms with Crippen LogP contribution in [-0.2, 0) is 16.6 Å². The van der Waals surface area contributed by atoms with Crippen LogP contribution < -0.4 is 5.32 Å². The van der Waals surface area contributed by atoms with E-state index < -0.39 is 24.3 Å². The molecule has 3 aromatic rings. The number of nitrogens with one attached hydrogen (secondary N) is 1. The Kier molecular flexibility index (Phi) is 5.52. The van der Waals surface area contributed by atoms with Crippen molar-refractivity contribution in [3.63, 3.8) is 0 Å². The van der Waals surface area contributed by atoms with Crippen LogP contribution in [-0.4, -0.2) is 28.3 Å². The second-order valence-electron chi connectivity index (χ2n) is 5.68. The molecule has 0 saturated carbocycles. The molecular formula is C19H15ClFN3O3. The average Bonchev–Trinajstić information content (AvgIpc) is 3.00. The maximum absolute atomic E-state index is 13.1. The molecule has 0 fully saturated rings. The van der Waals surface area contributed by atoms with Crippen LogP contribution in [0, 0.1) is 5.82 Å². The van der Waals surface area contributed by atoms with Crippen molar-refractivity contribution in [2.75, 3.05) is 11.9 Å². The lowest BCUT2D eigenvalue weighted by Gasteiger charge is -2.06. The Labute approximate surface area is 159 Å². The van der Waals surface area contributed by atoms with Crippen LogP contribution in [0.1, 0.15) is 10.4 Å². The molecule has 1 aromatic heterocycles. The van der Waals surface area contributed by atoms with Gasteiger partial charge in [0.2, 0.25) is 0 Å². The fourth-order valence-corrected chi connectivity index (χ4v) is 2.48. The number of esters is 1. The van der Waals surface area contributed by atoms with Crippen LogP contribution in [0.15, 0.2) is 54.6 Å². The van der Waals surface area contributed by atoms with E-state index in [9.17, 15) is 14.0 Å². The minimum Gasteiger partial charge on any atom is -0.452 e. The molecule has 8 heteroatoms. The van der Waals surface area contributed by atoms with E-state index in [0.717, 1.165) is 11.6 Å². The van der Waals surface area contributed by atoms with Crippen molar-refractivity contribution in [2.24, 2.45) is 7.05 Å². The molecule has 0 aliphatic rings. The van der Waals surface area contributed by atoms with E-state index in [2.05, 4.69) is 10.4 Å². The van der Waals surface area contributed by atoms with Crippen molar-refractivity contribution in [3.8, 4) is 11.3 Å². The highest BCUT2D eigenvalue weighted by Crippen LogP contribution is 2.23. The standard InChI is InChI=1S/C19H15ClFN3O3/c1-24-17(10-16(23-24)12-5-7-14(20)8-6-12)22-18(25)11-27-19(26)13-3-2-4-15(21)9-13/h2-10H,11H2,1H3,(H,22,25). The van der Waals surface area contributed by atoms with Gasteiger partial charge in [-0.2, -0.15) is 5.10 Å². The van der Waals surface area contributed by atoms with Gasteiger partial charge in [0.15, 0.2) is 6.61 Å². The first-order valence-corrected chi connectivity index (χ1v) is 8.33. The number of anilines is 1. The van der Waals surface area contributed by atoms with Gasteiger partial charge in [-0.05, 0) is 30.3 Å². The molecular weight excluding hydrogens is 373 g/mol. The summed E-state index contributed by atoms with van der Waals surface area (Å²) in [6.45, 7) is -0.503. The maximum atomic E-state index is 13.1. The van der Waals surface area contributed by atoms with E-state index in [1.54, 1.807) is 25.2 Å². The van der Waals surface area contributed by atoms with E-state index in [1.807, 2.05) is 12.1 Å². The lowest BCUT2D eigenvalue weighted by Crippen LogP contribution is -2.22. The van der Waals surface area contributed by atoms with Crippen LogP contribution in [0.25, 0.3) is 11.3 Å². The molecule has 0 unspecified atom stereocenters.